The predicted octanol–water partition coefficient (Wildman–Crippen LogP) is 4.42. The number of aliphatic hydroxyl groups excluding tert-OH is 3. The smallest absolute Gasteiger partial charge is 0.411 e. The predicted molar refractivity (Wildman–Crippen MR) is 197 cm³/mol. The number of halogens is 1. The van der Waals surface area contributed by atoms with Gasteiger partial charge in [-0.05, 0) is 77.0 Å². The van der Waals surface area contributed by atoms with Crippen molar-refractivity contribution in [1.29, 1.82) is 0 Å². The van der Waals surface area contributed by atoms with Gasteiger partial charge in [-0.25, -0.2) is 4.79 Å². The number of cyclic esters (lactones) is 1. The van der Waals surface area contributed by atoms with Gasteiger partial charge in [0.2, 0.25) is 0 Å². The Balaban J connectivity index is 1.92. The number of rotatable bonds is 9. The molecule has 2 aliphatic heterocycles. The van der Waals surface area contributed by atoms with E-state index in [9.17, 15) is 34.5 Å². The monoisotopic (exact) mass is 794 g/mol. The number of aliphatic hydroxyl groups is 3. The van der Waals surface area contributed by atoms with Crippen LogP contribution in [0.25, 0.3) is 0 Å². The van der Waals surface area contributed by atoms with Crippen LogP contribution in [0, 0.1) is 23.7 Å². The standard InChI is InChI=1S/C38H55BrN2O11/c1-8-31-26(20-49-38(48)40-28-12-10-27(39)11-13-28)17-21(2)9-14-29(43)22(3)18-25(15-16-42)36(23(4)30(44)19-32(45)51-31)52-37-35(47)33(41(6)7)34(46)24(5)50-37/h9-14,16-17,22-26,30-31,33-37,44,46-47H,8,15,18-20H2,1-7H3,(H,40,48)/b14-9+,21-17+/t22-,23+,24-,25+,26-,30-,31-,33+,34-,35-,36-,37+/m1/s1. The molecule has 52 heavy (non-hydrogen) atoms. The first-order chi connectivity index (χ1) is 24.6. The quantitative estimate of drug-likeness (QED) is 0.205. The van der Waals surface area contributed by atoms with Crippen LogP contribution in [-0.2, 0) is 33.3 Å². The van der Waals surface area contributed by atoms with Crippen molar-refractivity contribution >= 4 is 45.7 Å². The average molecular weight is 796 g/mol. The number of amides is 1. The number of esters is 1. The number of likely N-dealkylation sites (N-methyl/N-ethyl adjacent to an activating group) is 1. The van der Waals surface area contributed by atoms with Gasteiger partial charge in [0, 0.05) is 34.3 Å². The number of ether oxygens (including phenoxy) is 4. The number of ketones is 1. The van der Waals surface area contributed by atoms with Crippen molar-refractivity contribution < 1.29 is 53.4 Å². The Morgan fingerprint density at radius 2 is 1.75 bits per heavy atom. The Labute approximate surface area is 314 Å². The van der Waals surface area contributed by atoms with Gasteiger partial charge >= 0.3 is 12.1 Å². The van der Waals surface area contributed by atoms with Crippen molar-refractivity contribution in [3.05, 3.63) is 52.5 Å². The van der Waals surface area contributed by atoms with Gasteiger partial charge < -0.3 is 44.0 Å². The molecule has 3 rings (SSSR count). The summed E-state index contributed by atoms with van der Waals surface area (Å²) in [6, 6.07) is 6.22. The van der Waals surface area contributed by atoms with Gasteiger partial charge in [0.1, 0.15) is 25.1 Å². The summed E-state index contributed by atoms with van der Waals surface area (Å²) >= 11 is 3.35. The van der Waals surface area contributed by atoms with Crippen molar-refractivity contribution in [2.24, 2.45) is 23.7 Å². The van der Waals surface area contributed by atoms with Gasteiger partial charge in [0.15, 0.2) is 12.1 Å². The first kappa shape index (κ1) is 43.4. The molecule has 0 aromatic heterocycles. The number of nitrogens with zero attached hydrogens (tertiary/aromatic N) is 1. The molecule has 0 unspecified atom stereocenters. The topological polar surface area (TPSA) is 181 Å². The summed E-state index contributed by atoms with van der Waals surface area (Å²) in [6.45, 7) is 8.51. The molecule has 0 saturated carbocycles. The maximum absolute atomic E-state index is 13.4. The van der Waals surface area contributed by atoms with Crippen LogP contribution in [0.1, 0.15) is 60.3 Å². The van der Waals surface area contributed by atoms with Crippen LogP contribution in [0.15, 0.2) is 52.5 Å². The molecule has 1 aromatic carbocycles. The van der Waals surface area contributed by atoms with E-state index in [0.717, 1.165) is 4.47 Å². The SMILES string of the molecule is CC[C@H]1OC(=O)C[C@@H](O)[C@H](C)[C@@H](O[C@@H]2O[C@H](C)[C@@H](O)[C@H](N(C)C)[C@H]2O)[C@@H](CC=O)C[C@@H](C)C(=O)/C=C/C(C)=C/[C@@H]1COC(=O)Nc1ccc(Br)cc1. The van der Waals surface area contributed by atoms with E-state index in [2.05, 4.69) is 21.2 Å². The lowest BCUT2D eigenvalue weighted by Crippen LogP contribution is -2.63. The summed E-state index contributed by atoms with van der Waals surface area (Å²) < 4.78 is 24.6. The minimum absolute atomic E-state index is 0.0282. The third-order valence-corrected chi connectivity index (χ3v) is 10.4. The number of benzene rings is 1. The molecule has 1 fully saturated rings. The lowest BCUT2D eigenvalue weighted by atomic mass is 9.79. The van der Waals surface area contributed by atoms with E-state index in [4.69, 9.17) is 18.9 Å². The average Bonchev–Trinajstić information content (AvgIpc) is 3.09. The number of carbonyl (C=O) groups is 4. The highest BCUT2D eigenvalue weighted by atomic mass is 79.9. The fraction of sp³-hybridized carbons (Fsp3) is 0.632. The van der Waals surface area contributed by atoms with Crippen LogP contribution in [0.3, 0.4) is 0 Å². The van der Waals surface area contributed by atoms with Crippen molar-refractivity contribution in [2.75, 3.05) is 26.0 Å². The summed E-state index contributed by atoms with van der Waals surface area (Å²) in [5, 5.41) is 36.1. The molecule has 1 aromatic rings. The van der Waals surface area contributed by atoms with Crippen LogP contribution in [0.2, 0.25) is 0 Å². The molecule has 13 nitrogen and oxygen atoms in total. The summed E-state index contributed by atoms with van der Waals surface area (Å²) in [5.74, 6) is -3.48. The summed E-state index contributed by atoms with van der Waals surface area (Å²) in [4.78, 5) is 53.1. The molecule has 1 amide bonds. The first-order valence-corrected chi connectivity index (χ1v) is 18.6. The Bertz CT molecular complexity index is 1400. The second-order valence-electron chi connectivity index (χ2n) is 14.2. The highest BCUT2D eigenvalue weighted by Gasteiger charge is 2.47. The minimum Gasteiger partial charge on any atom is -0.462 e. The molecule has 0 bridgehead atoms. The minimum atomic E-state index is -1.32. The fourth-order valence-electron chi connectivity index (χ4n) is 6.77. The normalized spacial score (nSPS) is 35.6. The van der Waals surface area contributed by atoms with Gasteiger partial charge in [0.05, 0.1) is 36.9 Å². The molecule has 4 N–H and O–H groups in total. The Kier molecular flexibility index (Phi) is 17.1. The van der Waals surface area contributed by atoms with Gasteiger partial charge in [-0.1, -0.05) is 54.4 Å². The van der Waals surface area contributed by atoms with E-state index in [-0.39, 0.29) is 25.2 Å². The molecular weight excluding hydrogens is 740 g/mol. The molecular formula is C38H55BrN2O11. The molecule has 0 aliphatic carbocycles. The zero-order valence-corrected chi connectivity index (χ0v) is 32.6. The van der Waals surface area contributed by atoms with Crippen molar-refractivity contribution in [2.45, 2.75) is 109 Å². The van der Waals surface area contributed by atoms with E-state index in [0.29, 0.717) is 24.0 Å². The van der Waals surface area contributed by atoms with Crippen LogP contribution < -0.4 is 5.32 Å². The summed E-state index contributed by atoms with van der Waals surface area (Å²) in [7, 11) is 3.42. The number of allylic oxidation sites excluding steroid dienone is 3. The second-order valence-corrected chi connectivity index (χ2v) is 15.1. The van der Waals surface area contributed by atoms with Crippen LogP contribution in [-0.4, -0.2) is 114 Å². The lowest BCUT2D eigenvalue weighted by Gasteiger charge is -2.46. The maximum Gasteiger partial charge on any atom is 0.411 e. The second kappa shape index (κ2) is 20.5. The third-order valence-electron chi connectivity index (χ3n) is 9.85. The molecule has 12 atom stereocenters. The summed E-state index contributed by atoms with van der Waals surface area (Å²) in [5.41, 5.74) is 1.19. The van der Waals surface area contributed by atoms with Gasteiger partial charge in [-0.2, -0.15) is 0 Å². The van der Waals surface area contributed by atoms with Crippen LogP contribution in [0.4, 0.5) is 10.5 Å². The highest BCUT2D eigenvalue weighted by molar-refractivity contribution is 9.10. The Morgan fingerprint density at radius 1 is 1.08 bits per heavy atom. The van der Waals surface area contributed by atoms with Crippen LogP contribution in [0.5, 0.6) is 0 Å². The van der Waals surface area contributed by atoms with E-state index in [1.807, 2.05) is 6.92 Å². The van der Waals surface area contributed by atoms with Crippen molar-refractivity contribution in [3.8, 4) is 0 Å². The molecule has 0 spiro atoms. The van der Waals surface area contributed by atoms with Crippen molar-refractivity contribution in [1.82, 2.24) is 4.90 Å². The van der Waals surface area contributed by atoms with Gasteiger partial charge in [-0.15, -0.1) is 0 Å². The number of aldehydes is 1. The molecule has 290 valence electrons. The molecule has 14 heteroatoms. The fourth-order valence-corrected chi connectivity index (χ4v) is 7.04. The largest absolute Gasteiger partial charge is 0.462 e. The number of hydrogen-bond acceptors (Lipinski definition) is 12. The number of hydrogen-bond donors (Lipinski definition) is 4. The van der Waals surface area contributed by atoms with E-state index < -0.39 is 91.1 Å². The Hall–Kier alpha value is -2.98. The van der Waals surface area contributed by atoms with E-state index >= 15 is 0 Å². The highest BCUT2D eigenvalue weighted by Crippen LogP contribution is 2.34. The summed E-state index contributed by atoms with van der Waals surface area (Å²) in [6.07, 6.45) is -2.35. The van der Waals surface area contributed by atoms with E-state index in [1.54, 1.807) is 83.1 Å². The number of carbonyl (C=O) groups excluding carboxylic acids is 4. The number of nitrogens with one attached hydrogen (secondary N) is 1. The molecule has 0 radical (unpaired) electrons. The third kappa shape index (κ3) is 12.3. The molecule has 2 aliphatic rings. The zero-order valence-electron chi connectivity index (χ0n) is 31.0. The van der Waals surface area contributed by atoms with Gasteiger partial charge in [0.25, 0.3) is 0 Å². The molecule has 1 saturated heterocycles. The van der Waals surface area contributed by atoms with Crippen molar-refractivity contribution in [3.63, 3.8) is 0 Å². The molecule has 2 heterocycles. The Morgan fingerprint density at radius 3 is 2.37 bits per heavy atom. The van der Waals surface area contributed by atoms with Crippen LogP contribution >= 0.6 is 15.9 Å². The zero-order chi connectivity index (χ0) is 38.7. The van der Waals surface area contributed by atoms with Gasteiger partial charge in [-0.3, -0.25) is 14.9 Å². The maximum atomic E-state index is 13.4. The lowest BCUT2D eigenvalue weighted by molar-refractivity contribution is -0.304. The van der Waals surface area contributed by atoms with E-state index in [1.165, 1.54) is 6.08 Å². The first-order valence-electron chi connectivity index (χ1n) is 17.8. The number of anilines is 1.